The van der Waals surface area contributed by atoms with Crippen LogP contribution in [0.25, 0.3) is 5.69 Å². The zero-order valence-electron chi connectivity index (χ0n) is 17.7. The topological polar surface area (TPSA) is 71.8 Å². The molecular formula is C21H30IN5O2. The van der Waals surface area contributed by atoms with E-state index in [0.717, 1.165) is 35.1 Å². The zero-order chi connectivity index (χ0) is 20.3. The van der Waals surface area contributed by atoms with E-state index in [9.17, 15) is 4.79 Å². The summed E-state index contributed by atoms with van der Waals surface area (Å²) in [6, 6.07) is 10.3. The molecule has 0 aliphatic carbocycles. The lowest BCUT2D eigenvalue weighted by Crippen LogP contribution is -2.40. The van der Waals surface area contributed by atoms with Crippen molar-refractivity contribution in [3.63, 3.8) is 0 Å². The third kappa shape index (κ3) is 5.09. The summed E-state index contributed by atoms with van der Waals surface area (Å²) in [5, 5.41) is 8.06. The second-order valence-corrected chi connectivity index (χ2v) is 7.38. The van der Waals surface area contributed by atoms with Crippen LogP contribution in [0.2, 0.25) is 0 Å². The molecule has 1 aromatic carbocycles. The number of aromatic nitrogens is 2. The molecule has 158 valence electrons. The molecule has 1 aromatic heterocycles. The van der Waals surface area contributed by atoms with E-state index in [1.165, 1.54) is 7.11 Å². The number of nitrogens with zero attached hydrogens (tertiary/aromatic N) is 4. The first-order valence-electron chi connectivity index (χ1n) is 9.59. The largest absolute Gasteiger partial charge is 0.469 e. The maximum Gasteiger partial charge on any atom is 0.310 e. The van der Waals surface area contributed by atoms with Crippen LogP contribution in [0.15, 0.2) is 35.3 Å². The van der Waals surface area contributed by atoms with Crippen LogP contribution in [-0.2, 0) is 16.1 Å². The van der Waals surface area contributed by atoms with Crippen LogP contribution in [0.1, 0.15) is 23.9 Å². The Kier molecular flexibility index (Phi) is 8.06. The van der Waals surface area contributed by atoms with Crippen LogP contribution in [-0.4, -0.2) is 53.9 Å². The van der Waals surface area contributed by atoms with Gasteiger partial charge in [0.25, 0.3) is 0 Å². The van der Waals surface area contributed by atoms with Crippen molar-refractivity contribution in [3.05, 3.63) is 47.3 Å². The van der Waals surface area contributed by atoms with E-state index in [4.69, 9.17) is 4.74 Å². The van der Waals surface area contributed by atoms with Gasteiger partial charge in [0.05, 0.1) is 24.4 Å². The summed E-state index contributed by atoms with van der Waals surface area (Å²) in [5.41, 5.74) is 4.28. The Hall–Kier alpha value is -2.10. The number of benzene rings is 1. The summed E-state index contributed by atoms with van der Waals surface area (Å²) in [5.74, 6) is 0.750. The number of esters is 1. The number of rotatable bonds is 4. The van der Waals surface area contributed by atoms with E-state index in [2.05, 4.69) is 52.4 Å². The van der Waals surface area contributed by atoms with Crippen molar-refractivity contribution >= 4 is 35.9 Å². The fourth-order valence-corrected chi connectivity index (χ4v) is 3.84. The summed E-state index contributed by atoms with van der Waals surface area (Å²) >= 11 is 0. The number of methoxy groups -OCH3 is 1. The lowest BCUT2D eigenvalue weighted by molar-refractivity contribution is -0.145. The molecule has 29 heavy (non-hydrogen) atoms. The number of aryl methyl sites for hydroxylation is 2. The van der Waals surface area contributed by atoms with Crippen LogP contribution in [0, 0.1) is 25.7 Å². The molecule has 1 fully saturated rings. The molecule has 1 aliphatic rings. The number of hydrogen-bond acceptors (Lipinski definition) is 4. The van der Waals surface area contributed by atoms with Gasteiger partial charge in [0.1, 0.15) is 0 Å². The first-order valence-corrected chi connectivity index (χ1v) is 9.59. The minimum atomic E-state index is -0.152. The molecule has 0 bridgehead atoms. The highest BCUT2D eigenvalue weighted by Gasteiger charge is 2.36. The Morgan fingerprint density at radius 2 is 2.03 bits per heavy atom. The standard InChI is InChI=1S/C21H29N5O2.HI/c1-14-12-25(13-18(14)20(27)28-5)21(22-4)23-11-17-8-6-7-9-19(17)26-16(3)10-15(2)24-26;/h6-10,14,18H,11-13H2,1-5H3,(H,22,23);1H. The van der Waals surface area contributed by atoms with E-state index in [0.29, 0.717) is 13.1 Å². The lowest BCUT2D eigenvalue weighted by atomic mass is 9.99. The Morgan fingerprint density at radius 3 is 2.66 bits per heavy atom. The molecule has 1 aliphatic heterocycles. The van der Waals surface area contributed by atoms with E-state index in [-0.39, 0.29) is 41.8 Å². The van der Waals surface area contributed by atoms with Crippen molar-refractivity contribution in [2.24, 2.45) is 16.8 Å². The van der Waals surface area contributed by atoms with Crippen molar-refractivity contribution < 1.29 is 9.53 Å². The van der Waals surface area contributed by atoms with Crippen LogP contribution < -0.4 is 5.32 Å². The van der Waals surface area contributed by atoms with E-state index in [1.807, 2.05) is 23.7 Å². The molecule has 7 nitrogen and oxygen atoms in total. The highest BCUT2D eigenvalue weighted by molar-refractivity contribution is 14.0. The number of halogens is 1. The van der Waals surface area contributed by atoms with Gasteiger partial charge >= 0.3 is 5.97 Å². The molecule has 2 aromatic rings. The first-order chi connectivity index (χ1) is 13.4. The maximum atomic E-state index is 12.0. The Morgan fingerprint density at radius 1 is 1.31 bits per heavy atom. The van der Waals surface area contributed by atoms with Gasteiger partial charge in [-0.3, -0.25) is 9.79 Å². The van der Waals surface area contributed by atoms with Gasteiger partial charge in [0.15, 0.2) is 5.96 Å². The highest BCUT2D eigenvalue weighted by Crippen LogP contribution is 2.24. The summed E-state index contributed by atoms with van der Waals surface area (Å²) in [7, 11) is 3.21. The number of nitrogens with one attached hydrogen (secondary N) is 1. The van der Waals surface area contributed by atoms with Gasteiger partial charge in [-0.25, -0.2) is 4.68 Å². The molecule has 2 unspecified atom stereocenters. The van der Waals surface area contributed by atoms with Crippen molar-refractivity contribution in [1.29, 1.82) is 0 Å². The summed E-state index contributed by atoms with van der Waals surface area (Å²) in [6.45, 7) is 8.15. The number of carbonyl (C=O) groups excluding carboxylic acids is 1. The molecule has 1 saturated heterocycles. The SMILES string of the molecule is CN=C(NCc1ccccc1-n1nc(C)cc1C)N1CC(C)C(C(=O)OC)C1.I. The van der Waals surface area contributed by atoms with Gasteiger partial charge in [-0.1, -0.05) is 25.1 Å². The second-order valence-electron chi connectivity index (χ2n) is 7.38. The molecule has 8 heteroatoms. The number of ether oxygens (including phenoxy) is 1. The molecule has 1 N–H and O–H groups in total. The molecule has 0 saturated carbocycles. The van der Waals surface area contributed by atoms with Gasteiger partial charge in [-0.2, -0.15) is 5.10 Å². The Bertz CT molecular complexity index is 880. The van der Waals surface area contributed by atoms with Gasteiger partial charge in [-0.15, -0.1) is 24.0 Å². The minimum absolute atomic E-state index is 0. The second kappa shape index (κ2) is 10.1. The van der Waals surface area contributed by atoms with Crippen LogP contribution in [0.3, 0.4) is 0 Å². The molecule has 0 amide bonds. The fraction of sp³-hybridized carbons (Fsp3) is 0.476. The van der Waals surface area contributed by atoms with E-state index < -0.39 is 0 Å². The number of guanidine groups is 1. The third-order valence-electron chi connectivity index (χ3n) is 5.29. The predicted molar refractivity (Wildman–Crippen MR) is 125 cm³/mol. The number of hydrogen-bond donors (Lipinski definition) is 1. The first kappa shape index (κ1) is 23.2. The highest BCUT2D eigenvalue weighted by atomic mass is 127. The molecule has 3 rings (SSSR count). The lowest BCUT2D eigenvalue weighted by Gasteiger charge is -2.22. The van der Waals surface area contributed by atoms with Crippen LogP contribution in [0.4, 0.5) is 0 Å². The van der Waals surface area contributed by atoms with Crippen molar-refractivity contribution in [1.82, 2.24) is 20.0 Å². The third-order valence-corrected chi connectivity index (χ3v) is 5.29. The quantitative estimate of drug-likeness (QED) is 0.296. The predicted octanol–water partition coefficient (Wildman–Crippen LogP) is 2.92. The number of carbonyl (C=O) groups is 1. The van der Waals surface area contributed by atoms with Crippen LogP contribution >= 0.6 is 24.0 Å². The van der Waals surface area contributed by atoms with Gasteiger partial charge < -0.3 is 15.0 Å². The summed E-state index contributed by atoms with van der Waals surface area (Å²) in [4.78, 5) is 18.5. The van der Waals surface area contributed by atoms with E-state index >= 15 is 0 Å². The fourth-order valence-electron chi connectivity index (χ4n) is 3.84. The van der Waals surface area contributed by atoms with Gasteiger partial charge in [0, 0.05) is 32.4 Å². The molecular weight excluding hydrogens is 481 g/mol. The Labute approximate surface area is 189 Å². The summed E-state index contributed by atoms with van der Waals surface area (Å²) < 4.78 is 6.91. The number of aliphatic imine (C=N–C) groups is 1. The summed E-state index contributed by atoms with van der Waals surface area (Å²) in [6.07, 6.45) is 0. The van der Waals surface area contributed by atoms with Crippen molar-refractivity contribution in [2.75, 3.05) is 27.2 Å². The maximum absolute atomic E-state index is 12.0. The smallest absolute Gasteiger partial charge is 0.310 e. The zero-order valence-corrected chi connectivity index (χ0v) is 20.0. The monoisotopic (exact) mass is 511 g/mol. The number of para-hydroxylation sites is 1. The minimum Gasteiger partial charge on any atom is -0.469 e. The average Bonchev–Trinajstić information content (AvgIpc) is 3.23. The van der Waals surface area contributed by atoms with Gasteiger partial charge in [0.2, 0.25) is 0 Å². The normalized spacial score (nSPS) is 19.1. The van der Waals surface area contributed by atoms with E-state index in [1.54, 1.807) is 7.05 Å². The van der Waals surface area contributed by atoms with Crippen molar-refractivity contribution in [3.8, 4) is 5.69 Å². The number of likely N-dealkylation sites (tertiary alicyclic amines) is 1. The molecule has 2 heterocycles. The average molecular weight is 511 g/mol. The molecule has 0 radical (unpaired) electrons. The van der Waals surface area contributed by atoms with Crippen LogP contribution in [0.5, 0.6) is 0 Å². The Balaban J connectivity index is 0.00000300. The van der Waals surface area contributed by atoms with Crippen molar-refractivity contribution in [2.45, 2.75) is 27.3 Å². The molecule has 0 spiro atoms. The van der Waals surface area contributed by atoms with Gasteiger partial charge in [-0.05, 0) is 37.5 Å². The molecule has 2 atom stereocenters.